The quantitative estimate of drug-likeness (QED) is 0.901. The van der Waals surface area contributed by atoms with E-state index in [0.29, 0.717) is 12.2 Å². The molecule has 4 rings (SSSR count). The molecule has 0 aromatic carbocycles. The highest BCUT2D eigenvalue weighted by molar-refractivity contribution is 5.94. The third kappa shape index (κ3) is 2.99. The predicted octanol–water partition coefficient (Wildman–Crippen LogP) is 2.60. The zero-order chi connectivity index (χ0) is 17.4. The van der Waals surface area contributed by atoms with Crippen LogP contribution < -0.4 is 5.73 Å². The van der Waals surface area contributed by atoms with E-state index in [1.54, 1.807) is 0 Å². The summed E-state index contributed by atoms with van der Waals surface area (Å²) in [6, 6.07) is 1.86. The number of piperidine rings is 1. The van der Waals surface area contributed by atoms with Crippen LogP contribution in [-0.4, -0.2) is 32.5 Å². The summed E-state index contributed by atoms with van der Waals surface area (Å²) >= 11 is 0. The maximum Gasteiger partial charge on any atom is 0.273 e. The summed E-state index contributed by atoms with van der Waals surface area (Å²) in [5, 5.41) is 4.14. The summed E-state index contributed by atoms with van der Waals surface area (Å²) in [5.74, 6) is 0.893. The average Bonchev–Trinajstić information content (AvgIpc) is 3.06. The zero-order valence-corrected chi connectivity index (χ0v) is 14.5. The molecular weight excluding hydrogens is 318 g/mol. The van der Waals surface area contributed by atoms with Crippen molar-refractivity contribution in [3.05, 3.63) is 34.5 Å². The second-order valence-electron chi connectivity index (χ2n) is 6.94. The lowest BCUT2D eigenvalue weighted by Crippen LogP contribution is -2.40. The molecule has 1 unspecified atom stereocenters. The molecule has 1 fully saturated rings. The lowest BCUT2D eigenvalue weighted by atomic mass is 9.93. The molecule has 0 radical (unpaired) electrons. The Morgan fingerprint density at radius 3 is 2.88 bits per heavy atom. The van der Waals surface area contributed by atoms with E-state index in [9.17, 15) is 4.79 Å². The molecule has 7 heteroatoms. The summed E-state index contributed by atoms with van der Waals surface area (Å²) < 4.78 is 5.23. The highest BCUT2D eigenvalue weighted by atomic mass is 16.5. The Kier molecular flexibility index (Phi) is 4.15. The summed E-state index contributed by atoms with van der Waals surface area (Å²) in [4.78, 5) is 23.9. The van der Waals surface area contributed by atoms with Crippen LogP contribution >= 0.6 is 0 Å². The summed E-state index contributed by atoms with van der Waals surface area (Å²) in [6.07, 6.45) is 6.81. The van der Waals surface area contributed by atoms with E-state index in [1.165, 1.54) is 0 Å². The number of aromatic nitrogens is 3. The number of hydrogen-bond acceptors (Lipinski definition) is 6. The predicted molar refractivity (Wildman–Crippen MR) is 92.0 cm³/mol. The van der Waals surface area contributed by atoms with Gasteiger partial charge in [-0.05, 0) is 51.9 Å². The standard InChI is InChI=1S/C18H23N5O2/c1-11-10-14(22-25-11)15-8-4-5-9-23(15)17(24)16-12-6-2-3-7-13(12)20-18(19)21-16/h10,15H,2-9H2,1H3,(H2,19,20,21). The van der Waals surface area contributed by atoms with Crippen LogP contribution in [0.3, 0.4) is 0 Å². The topological polar surface area (TPSA) is 98.1 Å². The molecule has 0 spiro atoms. The molecule has 0 bridgehead atoms. The van der Waals surface area contributed by atoms with Crippen molar-refractivity contribution in [2.24, 2.45) is 0 Å². The van der Waals surface area contributed by atoms with Crippen LogP contribution in [0.5, 0.6) is 0 Å². The van der Waals surface area contributed by atoms with Crippen molar-refractivity contribution in [2.45, 2.75) is 57.9 Å². The Morgan fingerprint density at radius 2 is 2.08 bits per heavy atom. The first-order valence-corrected chi connectivity index (χ1v) is 9.03. The van der Waals surface area contributed by atoms with Crippen LogP contribution in [0.25, 0.3) is 0 Å². The molecule has 0 saturated carbocycles. The van der Waals surface area contributed by atoms with E-state index in [0.717, 1.165) is 67.7 Å². The SMILES string of the molecule is Cc1cc(C2CCCCN2C(=O)c2nc(N)nc3c2CCCC3)no1. The fraction of sp³-hybridized carbons (Fsp3) is 0.556. The van der Waals surface area contributed by atoms with Gasteiger partial charge in [0.25, 0.3) is 5.91 Å². The minimum atomic E-state index is -0.0610. The number of nitrogens with zero attached hydrogens (tertiary/aromatic N) is 4. The Hall–Kier alpha value is -2.44. The van der Waals surface area contributed by atoms with E-state index in [1.807, 2.05) is 17.9 Å². The van der Waals surface area contributed by atoms with E-state index in [-0.39, 0.29) is 17.9 Å². The smallest absolute Gasteiger partial charge is 0.273 e. The van der Waals surface area contributed by atoms with Crippen molar-refractivity contribution >= 4 is 11.9 Å². The number of nitrogens with two attached hydrogens (primary N) is 1. The second kappa shape index (κ2) is 6.46. The molecule has 1 aliphatic heterocycles. The third-order valence-corrected chi connectivity index (χ3v) is 5.15. The molecule has 2 aliphatic rings. The molecule has 2 aromatic heterocycles. The molecule has 3 heterocycles. The van der Waals surface area contributed by atoms with Crippen molar-refractivity contribution in [3.63, 3.8) is 0 Å². The van der Waals surface area contributed by atoms with Crippen molar-refractivity contribution in [2.75, 3.05) is 12.3 Å². The zero-order valence-electron chi connectivity index (χ0n) is 14.5. The minimum Gasteiger partial charge on any atom is -0.368 e. The van der Waals surface area contributed by atoms with Crippen LogP contribution in [0.1, 0.15) is 71.3 Å². The molecule has 7 nitrogen and oxygen atoms in total. The summed E-state index contributed by atoms with van der Waals surface area (Å²) in [5.41, 5.74) is 9.10. The molecule has 1 saturated heterocycles. The first-order chi connectivity index (χ1) is 12.1. The van der Waals surface area contributed by atoms with E-state index < -0.39 is 0 Å². The van der Waals surface area contributed by atoms with Gasteiger partial charge in [-0.25, -0.2) is 9.97 Å². The normalized spacial score (nSPS) is 20.4. The van der Waals surface area contributed by atoms with Crippen molar-refractivity contribution < 1.29 is 9.32 Å². The van der Waals surface area contributed by atoms with Crippen molar-refractivity contribution in [1.82, 2.24) is 20.0 Å². The van der Waals surface area contributed by atoms with Gasteiger partial charge < -0.3 is 15.2 Å². The minimum absolute atomic E-state index is 0.0578. The maximum absolute atomic E-state index is 13.3. The van der Waals surface area contributed by atoms with Crippen LogP contribution in [-0.2, 0) is 12.8 Å². The fourth-order valence-electron chi connectivity index (χ4n) is 3.95. The van der Waals surface area contributed by atoms with Crippen molar-refractivity contribution in [3.8, 4) is 0 Å². The molecule has 2 aromatic rings. The Morgan fingerprint density at radius 1 is 1.24 bits per heavy atom. The largest absolute Gasteiger partial charge is 0.368 e. The number of carbonyl (C=O) groups is 1. The van der Waals surface area contributed by atoms with Gasteiger partial charge in [-0.3, -0.25) is 4.79 Å². The van der Waals surface area contributed by atoms with Crippen LogP contribution in [0.4, 0.5) is 5.95 Å². The maximum atomic E-state index is 13.3. The number of anilines is 1. The van der Waals surface area contributed by atoms with Gasteiger partial charge in [-0.1, -0.05) is 5.16 Å². The van der Waals surface area contributed by atoms with E-state index >= 15 is 0 Å². The first kappa shape index (κ1) is 16.1. The van der Waals surface area contributed by atoms with Gasteiger partial charge in [-0.2, -0.15) is 0 Å². The number of fused-ring (bicyclic) bond motifs is 1. The number of likely N-dealkylation sites (tertiary alicyclic amines) is 1. The van der Waals surface area contributed by atoms with Gasteiger partial charge in [0.05, 0.1) is 6.04 Å². The number of nitrogen functional groups attached to an aromatic ring is 1. The van der Waals surface area contributed by atoms with Gasteiger partial charge in [-0.15, -0.1) is 0 Å². The summed E-state index contributed by atoms with van der Waals surface area (Å²) in [6.45, 7) is 2.57. The Labute approximate surface area is 146 Å². The number of carbonyl (C=O) groups excluding carboxylic acids is 1. The van der Waals surface area contributed by atoms with E-state index in [4.69, 9.17) is 10.3 Å². The Bertz CT molecular complexity index is 801. The molecule has 132 valence electrons. The van der Waals surface area contributed by atoms with Crippen molar-refractivity contribution in [1.29, 1.82) is 0 Å². The van der Waals surface area contributed by atoms with Gasteiger partial charge >= 0.3 is 0 Å². The number of aryl methyl sites for hydroxylation is 2. The third-order valence-electron chi connectivity index (χ3n) is 5.15. The highest BCUT2D eigenvalue weighted by Gasteiger charge is 2.33. The van der Waals surface area contributed by atoms with Gasteiger partial charge in [0.2, 0.25) is 5.95 Å². The molecule has 1 aliphatic carbocycles. The molecule has 25 heavy (non-hydrogen) atoms. The highest BCUT2D eigenvalue weighted by Crippen LogP contribution is 2.33. The van der Waals surface area contributed by atoms with Gasteiger partial charge in [0, 0.05) is 23.9 Å². The lowest BCUT2D eigenvalue weighted by Gasteiger charge is -2.35. The second-order valence-corrected chi connectivity index (χ2v) is 6.94. The molecule has 2 N–H and O–H groups in total. The van der Waals surface area contributed by atoms with Gasteiger partial charge in [0.1, 0.15) is 17.1 Å². The monoisotopic (exact) mass is 341 g/mol. The van der Waals surface area contributed by atoms with Crippen LogP contribution in [0.15, 0.2) is 10.6 Å². The summed E-state index contributed by atoms with van der Waals surface area (Å²) in [7, 11) is 0. The molecular formula is C18H23N5O2. The number of hydrogen-bond donors (Lipinski definition) is 1. The van der Waals surface area contributed by atoms with E-state index in [2.05, 4.69) is 15.1 Å². The lowest BCUT2D eigenvalue weighted by molar-refractivity contribution is 0.0594. The number of amides is 1. The average molecular weight is 341 g/mol. The van der Waals surface area contributed by atoms with Gasteiger partial charge in [0.15, 0.2) is 0 Å². The Balaban J connectivity index is 1.70. The first-order valence-electron chi connectivity index (χ1n) is 9.03. The molecule has 1 atom stereocenters. The van der Waals surface area contributed by atoms with Crippen LogP contribution in [0, 0.1) is 6.92 Å². The fourth-order valence-corrected chi connectivity index (χ4v) is 3.95. The molecule has 1 amide bonds. The van der Waals surface area contributed by atoms with Crippen LogP contribution in [0.2, 0.25) is 0 Å². The number of rotatable bonds is 2.